The fourth-order valence-corrected chi connectivity index (χ4v) is 3.52. The molecule has 0 radical (unpaired) electrons. The normalized spacial score (nSPS) is 14.4. The van der Waals surface area contributed by atoms with Crippen molar-refractivity contribution in [2.45, 2.75) is 26.9 Å². The van der Waals surface area contributed by atoms with E-state index >= 15 is 0 Å². The van der Waals surface area contributed by atoms with Crippen molar-refractivity contribution in [2.24, 2.45) is 0 Å². The first-order valence-corrected chi connectivity index (χ1v) is 9.68. The molecule has 1 amide bonds. The van der Waals surface area contributed by atoms with Gasteiger partial charge in [0.25, 0.3) is 5.91 Å². The van der Waals surface area contributed by atoms with E-state index in [2.05, 4.69) is 32.4 Å². The number of pyridine rings is 1. The number of fused-ring (bicyclic) bond motifs is 1. The molecule has 146 valence electrons. The van der Waals surface area contributed by atoms with Crippen molar-refractivity contribution < 1.29 is 9.53 Å². The van der Waals surface area contributed by atoms with Crippen LogP contribution >= 0.6 is 0 Å². The van der Waals surface area contributed by atoms with Crippen LogP contribution in [0.1, 0.15) is 28.5 Å². The number of aryl methyl sites for hydroxylation is 2. The maximum atomic E-state index is 12.7. The Bertz CT molecular complexity index is 992. The predicted octanol–water partition coefficient (Wildman–Crippen LogP) is 2.53. The summed E-state index contributed by atoms with van der Waals surface area (Å²) in [4.78, 5) is 19.6. The second kappa shape index (κ2) is 7.98. The molecule has 1 saturated heterocycles. The van der Waals surface area contributed by atoms with Crippen LogP contribution in [0.25, 0.3) is 11.0 Å². The van der Waals surface area contributed by atoms with Gasteiger partial charge in [-0.1, -0.05) is 12.1 Å². The van der Waals surface area contributed by atoms with Crippen LogP contribution in [0.4, 0.5) is 5.69 Å². The van der Waals surface area contributed by atoms with Crippen molar-refractivity contribution >= 4 is 22.6 Å². The van der Waals surface area contributed by atoms with Crippen molar-refractivity contribution in [3.63, 3.8) is 0 Å². The summed E-state index contributed by atoms with van der Waals surface area (Å²) in [6.45, 7) is 8.41. The van der Waals surface area contributed by atoms with Gasteiger partial charge in [-0.2, -0.15) is 5.10 Å². The number of benzene rings is 1. The Labute approximate surface area is 164 Å². The molecule has 28 heavy (non-hydrogen) atoms. The fraction of sp³-hybridized carbons (Fsp3) is 0.381. The first kappa shape index (κ1) is 18.4. The Morgan fingerprint density at radius 2 is 2.07 bits per heavy atom. The average Bonchev–Trinajstić information content (AvgIpc) is 3.14. The number of aromatic nitrogens is 3. The number of carbonyl (C=O) groups excluding carboxylic acids is 1. The number of anilines is 1. The van der Waals surface area contributed by atoms with Crippen LogP contribution in [-0.4, -0.2) is 47.0 Å². The molecular weight excluding hydrogens is 354 g/mol. The molecule has 7 nitrogen and oxygen atoms in total. The zero-order chi connectivity index (χ0) is 19.5. The van der Waals surface area contributed by atoms with Crippen LogP contribution < -0.4 is 10.2 Å². The van der Waals surface area contributed by atoms with Crippen LogP contribution in [0.15, 0.2) is 36.5 Å². The molecule has 4 rings (SSSR count). The minimum Gasteiger partial charge on any atom is -0.378 e. The molecule has 7 heteroatoms. The highest BCUT2D eigenvalue weighted by atomic mass is 16.5. The Balaban J connectivity index is 1.47. The van der Waals surface area contributed by atoms with Crippen molar-refractivity contribution in [1.29, 1.82) is 0 Å². The van der Waals surface area contributed by atoms with Gasteiger partial charge in [-0.15, -0.1) is 0 Å². The number of hydrogen-bond acceptors (Lipinski definition) is 5. The van der Waals surface area contributed by atoms with Crippen LogP contribution in [0.2, 0.25) is 0 Å². The standard InChI is InChI=1S/C21H25N5O2/c1-3-26-20-17(14-23-26)12-19(15(2)24-20)21(27)22-13-16-5-4-6-18(11-16)25-7-9-28-10-8-25/h4-6,11-12,14H,3,7-10,13H2,1-2H3,(H,22,27). The van der Waals surface area contributed by atoms with Crippen molar-refractivity contribution in [2.75, 3.05) is 31.2 Å². The van der Waals surface area contributed by atoms with Gasteiger partial charge in [-0.25, -0.2) is 9.67 Å². The van der Waals surface area contributed by atoms with Gasteiger partial charge in [0.05, 0.1) is 30.7 Å². The van der Waals surface area contributed by atoms with Crippen LogP contribution in [-0.2, 0) is 17.8 Å². The summed E-state index contributed by atoms with van der Waals surface area (Å²) >= 11 is 0. The zero-order valence-electron chi connectivity index (χ0n) is 16.3. The Morgan fingerprint density at radius 3 is 2.86 bits per heavy atom. The van der Waals surface area contributed by atoms with E-state index in [0.29, 0.717) is 17.8 Å². The number of amides is 1. The summed E-state index contributed by atoms with van der Waals surface area (Å²) < 4.78 is 7.25. The van der Waals surface area contributed by atoms with E-state index in [-0.39, 0.29) is 5.91 Å². The molecule has 0 bridgehead atoms. The molecule has 1 aliphatic heterocycles. The molecule has 1 N–H and O–H groups in total. The quantitative estimate of drug-likeness (QED) is 0.738. The highest BCUT2D eigenvalue weighted by molar-refractivity contribution is 5.98. The van der Waals surface area contributed by atoms with Crippen LogP contribution in [0, 0.1) is 6.92 Å². The summed E-state index contributed by atoms with van der Waals surface area (Å²) in [5, 5.41) is 8.22. The van der Waals surface area contributed by atoms with E-state index in [1.165, 1.54) is 5.69 Å². The smallest absolute Gasteiger partial charge is 0.253 e. The molecule has 0 saturated carbocycles. The minimum absolute atomic E-state index is 0.118. The second-order valence-electron chi connectivity index (χ2n) is 6.95. The molecule has 0 spiro atoms. The SMILES string of the molecule is CCn1ncc2cc(C(=O)NCc3cccc(N4CCOCC4)c3)c(C)nc21. The van der Waals surface area contributed by atoms with E-state index in [4.69, 9.17) is 4.74 Å². The Hall–Kier alpha value is -2.93. The van der Waals surface area contributed by atoms with E-state index in [1.807, 2.05) is 36.7 Å². The zero-order valence-corrected chi connectivity index (χ0v) is 16.3. The highest BCUT2D eigenvalue weighted by Gasteiger charge is 2.15. The molecule has 3 aromatic rings. The number of carbonyl (C=O) groups is 1. The topological polar surface area (TPSA) is 72.3 Å². The summed E-state index contributed by atoms with van der Waals surface area (Å²) in [6.07, 6.45) is 1.76. The number of hydrogen-bond donors (Lipinski definition) is 1. The first-order valence-electron chi connectivity index (χ1n) is 9.68. The summed E-state index contributed by atoms with van der Waals surface area (Å²) in [5.74, 6) is -0.118. The predicted molar refractivity (Wildman–Crippen MR) is 109 cm³/mol. The van der Waals surface area contributed by atoms with E-state index < -0.39 is 0 Å². The lowest BCUT2D eigenvalue weighted by Crippen LogP contribution is -2.36. The maximum absolute atomic E-state index is 12.7. The van der Waals surface area contributed by atoms with Gasteiger partial charge in [0.15, 0.2) is 5.65 Å². The first-order chi connectivity index (χ1) is 13.7. The average molecular weight is 379 g/mol. The van der Waals surface area contributed by atoms with Gasteiger partial charge < -0.3 is 15.0 Å². The summed E-state index contributed by atoms with van der Waals surface area (Å²) in [6, 6.07) is 10.2. The molecule has 1 aromatic carbocycles. The second-order valence-corrected chi connectivity index (χ2v) is 6.95. The van der Waals surface area contributed by atoms with Gasteiger partial charge in [0.2, 0.25) is 0 Å². The highest BCUT2D eigenvalue weighted by Crippen LogP contribution is 2.19. The largest absolute Gasteiger partial charge is 0.378 e. The van der Waals surface area contributed by atoms with Crippen molar-refractivity contribution in [1.82, 2.24) is 20.1 Å². The number of morpholine rings is 1. The summed E-state index contributed by atoms with van der Waals surface area (Å²) in [7, 11) is 0. The molecular formula is C21H25N5O2. The maximum Gasteiger partial charge on any atom is 0.253 e. The number of rotatable bonds is 5. The number of nitrogens with one attached hydrogen (secondary N) is 1. The van der Waals surface area contributed by atoms with Gasteiger partial charge in [0, 0.05) is 37.3 Å². The lowest BCUT2D eigenvalue weighted by atomic mass is 10.1. The van der Waals surface area contributed by atoms with E-state index in [0.717, 1.165) is 49.4 Å². The number of nitrogens with zero attached hydrogens (tertiary/aromatic N) is 4. The molecule has 1 fully saturated rings. The Kier molecular flexibility index (Phi) is 5.25. The monoisotopic (exact) mass is 379 g/mol. The van der Waals surface area contributed by atoms with Gasteiger partial charge in [0.1, 0.15) is 0 Å². The van der Waals surface area contributed by atoms with E-state index in [1.54, 1.807) is 6.20 Å². The van der Waals surface area contributed by atoms with E-state index in [9.17, 15) is 4.79 Å². The van der Waals surface area contributed by atoms with Gasteiger partial charge >= 0.3 is 0 Å². The third kappa shape index (κ3) is 3.71. The number of ether oxygens (including phenoxy) is 1. The van der Waals surface area contributed by atoms with Crippen molar-refractivity contribution in [3.8, 4) is 0 Å². The summed E-state index contributed by atoms with van der Waals surface area (Å²) in [5.41, 5.74) is 4.36. The molecule has 2 aromatic heterocycles. The molecule has 0 unspecified atom stereocenters. The minimum atomic E-state index is -0.118. The van der Waals surface area contributed by atoms with Gasteiger partial charge in [-0.05, 0) is 37.6 Å². The molecule has 1 aliphatic rings. The third-order valence-electron chi connectivity index (χ3n) is 5.09. The third-order valence-corrected chi connectivity index (χ3v) is 5.09. The molecule has 0 aliphatic carbocycles. The Morgan fingerprint density at radius 1 is 1.25 bits per heavy atom. The fourth-order valence-electron chi connectivity index (χ4n) is 3.52. The van der Waals surface area contributed by atoms with Gasteiger partial charge in [-0.3, -0.25) is 4.79 Å². The van der Waals surface area contributed by atoms with Crippen LogP contribution in [0.5, 0.6) is 0 Å². The van der Waals surface area contributed by atoms with Crippen LogP contribution in [0.3, 0.4) is 0 Å². The molecule has 3 heterocycles. The molecule has 0 atom stereocenters. The lowest BCUT2D eigenvalue weighted by Gasteiger charge is -2.29. The van der Waals surface area contributed by atoms with Crippen molar-refractivity contribution in [3.05, 3.63) is 53.3 Å². The lowest BCUT2D eigenvalue weighted by molar-refractivity contribution is 0.0950.